The van der Waals surface area contributed by atoms with Crippen LogP contribution in [0.5, 0.6) is 0 Å². The Hall–Kier alpha value is -4.90. The summed E-state index contributed by atoms with van der Waals surface area (Å²) in [6.45, 7) is 14.9. The van der Waals surface area contributed by atoms with Gasteiger partial charge in [-0.3, -0.25) is 4.85 Å². The summed E-state index contributed by atoms with van der Waals surface area (Å²) < 4.78 is 125. The number of alkyl halides is 3. The van der Waals surface area contributed by atoms with Gasteiger partial charge in [-0.25, -0.2) is 36.8 Å². The molecule has 2 aliphatic heterocycles. The van der Waals surface area contributed by atoms with Gasteiger partial charge in [-0.05, 0) is 95.3 Å². The van der Waals surface area contributed by atoms with E-state index < -0.39 is 53.0 Å². The number of aryl methyl sites for hydroxylation is 3. The molecule has 2 unspecified atom stereocenters. The predicted molar refractivity (Wildman–Crippen MR) is 231 cm³/mol. The molecular weight excluding hydrogens is 878 g/mol. The Balaban J connectivity index is 0.000000213. The molecule has 2 fully saturated rings. The number of benzene rings is 4. The summed E-state index contributed by atoms with van der Waals surface area (Å²) in [5.74, 6) is -0.0301. The molecule has 0 amide bonds. The molecule has 18 heteroatoms. The fourth-order valence-electron chi connectivity index (χ4n) is 7.66. The Morgan fingerprint density at radius 2 is 1.10 bits per heavy atom. The van der Waals surface area contributed by atoms with Crippen molar-refractivity contribution in [2.75, 3.05) is 26.2 Å². The fourth-order valence-corrected chi connectivity index (χ4v) is 12.3. The quantitative estimate of drug-likeness (QED) is 0.136. The molecule has 0 aliphatic carbocycles. The van der Waals surface area contributed by atoms with Crippen LogP contribution < -0.4 is 0 Å². The van der Waals surface area contributed by atoms with Crippen molar-refractivity contribution in [2.24, 2.45) is 5.92 Å². The molecule has 0 saturated carbocycles. The van der Waals surface area contributed by atoms with Gasteiger partial charge in [0.05, 0.1) is 26.3 Å². The first-order valence-electron chi connectivity index (χ1n) is 20.2. The first-order valence-corrected chi connectivity index (χ1v) is 24.6. The van der Waals surface area contributed by atoms with Crippen LogP contribution in [0.1, 0.15) is 66.5 Å². The lowest BCUT2D eigenvalue weighted by molar-refractivity contribution is -0.258. The van der Waals surface area contributed by atoms with Gasteiger partial charge in [0.25, 0.3) is 9.84 Å². The topological polar surface area (TPSA) is 160 Å². The standard InChI is InChI=1S/C24H25F3N2O4S.C21H24N2O4S2/c1-16-3-9-20(10-4-16)34(31,32)29-13-11-17(12-14-29)21-22(33-15-28-21)18-5-7-19(8-6-18)23(2,30)24(25,26)27;1-16-4-8-19(9-5-16)28(24,25)21(22-3)18-12-14-23(15-13-18)29(26,27)20-10-6-17(2)7-11-20/h3-10,15,17,30H,11-14H2,1-2H3;4-11,18,21H,12-15H2,1-2H3. The second kappa shape index (κ2) is 18.7. The van der Waals surface area contributed by atoms with Crippen LogP contribution in [0, 0.1) is 33.3 Å². The van der Waals surface area contributed by atoms with Crippen molar-refractivity contribution in [1.29, 1.82) is 0 Å². The lowest BCUT2D eigenvalue weighted by Crippen LogP contribution is -2.42. The zero-order valence-electron chi connectivity index (χ0n) is 35.2. The summed E-state index contributed by atoms with van der Waals surface area (Å²) in [4.78, 5) is 8.38. The maximum absolute atomic E-state index is 13.1. The second-order valence-corrected chi connectivity index (χ2v) is 22.1. The molecule has 336 valence electrons. The van der Waals surface area contributed by atoms with Crippen molar-refractivity contribution in [3.63, 3.8) is 0 Å². The highest BCUT2D eigenvalue weighted by Crippen LogP contribution is 2.41. The number of halogens is 3. The zero-order valence-corrected chi connectivity index (χ0v) is 37.6. The molecule has 4 aromatic carbocycles. The van der Waals surface area contributed by atoms with Gasteiger partial charge in [0.2, 0.25) is 20.0 Å². The maximum Gasteiger partial charge on any atom is 0.421 e. The number of piperidine rings is 2. The minimum Gasteiger partial charge on any atom is -0.443 e. The fraction of sp³-hybridized carbons (Fsp3) is 0.378. The van der Waals surface area contributed by atoms with E-state index in [1.54, 1.807) is 60.7 Å². The van der Waals surface area contributed by atoms with Crippen molar-refractivity contribution < 1.29 is 47.9 Å². The van der Waals surface area contributed by atoms with E-state index in [2.05, 4.69) is 9.83 Å². The number of hydrogen-bond donors (Lipinski definition) is 1. The minimum atomic E-state index is -4.81. The van der Waals surface area contributed by atoms with Crippen LogP contribution in [0.3, 0.4) is 0 Å². The van der Waals surface area contributed by atoms with E-state index in [1.165, 1.54) is 51.4 Å². The zero-order chi connectivity index (χ0) is 46.0. The first-order chi connectivity index (χ1) is 29.6. The minimum absolute atomic E-state index is 0.0591. The molecule has 63 heavy (non-hydrogen) atoms. The van der Waals surface area contributed by atoms with E-state index in [-0.39, 0.29) is 39.3 Å². The summed E-state index contributed by atoms with van der Waals surface area (Å²) in [6.07, 6.45) is -1.79. The Labute approximate surface area is 367 Å². The second-order valence-electron chi connectivity index (χ2n) is 16.1. The molecule has 12 nitrogen and oxygen atoms in total. The molecule has 2 atom stereocenters. The number of nitrogens with zero attached hydrogens (tertiary/aromatic N) is 4. The summed E-state index contributed by atoms with van der Waals surface area (Å²) >= 11 is 0. The molecule has 0 radical (unpaired) electrons. The van der Waals surface area contributed by atoms with Gasteiger partial charge in [0.15, 0.2) is 17.8 Å². The van der Waals surface area contributed by atoms with Crippen LogP contribution in [0.2, 0.25) is 0 Å². The molecular formula is C45H49F3N4O8S3. The van der Waals surface area contributed by atoms with Gasteiger partial charge >= 0.3 is 11.6 Å². The van der Waals surface area contributed by atoms with Crippen LogP contribution in [-0.2, 0) is 35.5 Å². The summed E-state index contributed by atoms with van der Waals surface area (Å²) in [5, 5.41) is 8.67. The van der Waals surface area contributed by atoms with Crippen LogP contribution in [-0.4, -0.2) is 81.7 Å². The molecule has 2 saturated heterocycles. The van der Waals surface area contributed by atoms with E-state index >= 15 is 0 Å². The number of rotatable bonds is 10. The van der Waals surface area contributed by atoms with Crippen LogP contribution in [0.15, 0.2) is 123 Å². The Morgan fingerprint density at radius 3 is 1.51 bits per heavy atom. The highest BCUT2D eigenvalue weighted by atomic mass is 32.2. The number of oxazole rings is 1. The van der Waals surface area contributed by atoms with E-state index in [4.69, 9.17) is 11.0 Å². The van der Waals surface area contributed by atoms with Crippen molar-refractivity contribution in [1.82, 2.24) is 13.6 Å². The van der Waals surface area contributed by atoms with Gasteiger partial charge in [0, 0.05) is 37.7 Å². The van der Waals surface area contributed by atoms with E-state index in [0.717, 1.165) is 16.7 Å². The molecule has 1 aromatic heterocycles. The van der Waals surface area contributed by atoms with Crippen molar-refractivity contribution >= 4 is 29.9 Å². The summed E-state index contributed by atoms with van der Waals surface area (Å²) in [6, 6.07) is 25.2. The SMILES string of the molecule is Cc1ccc(S(=O)(=O)N2CCC(c3ncoc3-c3ccc(C(C)(O)C(F)(F)F)cc3)CC2)cc1.[C-]#[N+]C(C1CCN(S(=O)(=O)c2ccc(C)cc2)CC1)S(=O)(=O)c1ccc(C)cc1. The largest absolute Gasteiger partial charge is 0.443 e. The third-order valence-electron chi connectivity index (χ3n) is 11.7. The Morgan fingerprint density at radius 1 is 0.683 bits per heavy atom. The summed E-state index contributed by atoms with van der Waals surface area (Å²) in [7, 11) is -11.0. The third-order valence-corrected chi connectivity index (χ3v) is 17.6. The van der Waals surface area contributed by atoms with E-state index in [1.807, 2.05) is 20.8 Å². The molecule has 5 aromatic rings. The van der Waals surface area contributed by atoms with Gasteiger partial charge in [-0.1, -0.05) is 77.4 Å². The smallest absolute Gasteiger partial charge is 0.421 e. The monoisotopic (exact) mass is 926 g/mol. The number of sulfonamides is 2. The highest BCUT2D eigenvalue weighted by molar-refractivity contribution is 7.92. The first kappa shape index (κ1) is 47.6. The van der Waals surface area contributed by atoms with Crippen molar-refractivity contribution in [3.8, 4) is 11.3 Å². The average molecular weight is 927 g/mol. The molecule has 2 aliphatic rings. The maximum atomic E-state index is 13.1. The number of hydrogen-bond acceptors (Lipinski definition) is 9. The highest BCUT2D eigenvalue weighted by Gasteiger charge is 2.51. The van der Waals surface area contributed by atoms with Gasteiger partial charge in [-0.15, -0.1) is 0 Å². The Bertz CT molecular complexity index is 2740. The van der Waals surface area contributed by atoms with Gasteiger partial charge < -0.3 is 9.52 Å². The normalized spacial score (nSPS) is 17.8. The molecule has 1 N–H and O–H groups in total. The van der Waals surface area contributed by atoms with E-state index in [0.29, 0.717) is 62.7 Å². The molecule has 3 heterocycles. The lowest BCUT2D eigenvalue weighted by Gasteiger charge is -2.31. The van der Waals surface area contributed by atoms with Crippen molar-refractivity contribution in [2.45, 2.75) is 91.1 Å². The number of aromatic nitrogens is 1. The average Bonchev–Trinajstić information content (AvgIpc) is 3.75. The van der Waals surface area contributed by atoms with Crippen LogP contribution in [0.25, 0.3) is 16.2 Å². The van der Waals surface area contributed by atoms with Gasteiger partial charge in [-0.2, -0.15) is 21.8 Å². The van der Waals surface area contributed by atoms with Crippen LogP contribution in [0.4, 0.5) is 13.2 Å². The molecule has 0 spiro atoms. The number of aliphatic hydroxyl groups is 1. The number of sulfone groups is 1. The van der Waals surface area contributed by atoms with Crippen LogP contribution >= 0.6 is 0 Å². The van der Waals surface area contributed by atoms with Gasteiger partial charge in [0.1, 0.15) is 0 Å². The molecule has 7 rings (SSSR count). The predicted octanol–water partition coefficient (Wildman–Crippen LogP) is 8.41. The summed E-state index contributed by atoms with van der Waals surface area (Å²) in [5.41, 5.74) is 0.824. The third kappa shape index (κ3) is 10.2. The molecule has 0 bridgehead atoms. The lowest BCUT2D eigenvalue weighted by atomic mass is 9.90. The van der Waals surface area contributed by atoms with E-state index in [9.17, 15) is 43.5 Å². The Kier molecular flexibility index (Phi) is 14.1. The van der Waals surface area contributed by atoms with Crippen molar-refractivity contribution in [3.05, 3.63) is 143 Å².